The van der Waals surface area contributed by atoms with Crippen LogP contribution in [0, 0.1) is 0 Å². The highest BCUT2D eigenvalue weighted by atomic mass is 16.5. The number of hydrogen-bond acceptors (Lipinski definition) is 7. The molecule has 7 nitrogen and oxygen atoms in total. The maximum atomic E-state index is 13.0. The summed E-state index contributed by atoms with van der Waals surface area (Å²) in [6.07, 6.45) is 6.88. The van der Waals surface area contributed by atoms with E-state index in [1.165, 1.54) is 25.9 Å². The third-order valence-corrected chi connectivity index (χ3v) is 6.45. The maximum Gasteiger partial charge on any atom is 0.318 e. The second-order valence-electron chi connectivity index (χ2n) is 9.15. The van der Waals surface area contributed by atoms with Crippen molar-refractivity contribution in [1.29, 1.82) is 0 Å². The summed E-state index contributed by atoms with van der Waals surface area (Å²) in [7, 11) is 4.58. The van der Waals surface area contributed by atoms with E-state index in [0.29, 0.717) is 39.5 Å². The lowest BCUT2D eigenvalue weighted by atomic mass is 9.85. The van der Waals surface area contributed by atoms with Gasteiger partial charge in [-0.05, 0) is 45.3 Å². The Morgan fingerprint density at radius 1 is 1.00 bits per heavy atom. The van der Waals surface area contributed by atoms with Gasteiger partial charge in [-0.25, -0.2) is 0 Å². The van der Waals surface area contributed by atoms with Gasteiger partial charge in [0.2, 0.25) is 0 Å². The number of unbranched alkanes of at least 4 members (excludes halogenated alkanes) is 1. The molecule has 4 rings (SSSR count). The summed E-state index contributed by atoms with van der Waals surface area (Å²) in [5.74, 6) is 0.937. The fourth-order valence-electron chi connectivity index (χ4n) is 4.61. The van der Waals surface area contributed by atoms with Crippen LogP contribution in [0.15, 0.2) is 68.9 Å². The number of rotatable bonds is 9. The summed E-state index contributed by atoms with van der Waals surface area (Å²) in [5, 5.41) is 0.337. The van der Waals surface area contributed by atoms with Crippen LogP contribution < -0.4 is 19.6 Å². The third-order valence-electron chi connectivity index (χ3n) is 6.45. The maximum absolute atomic E-state index is 13.0. The zero-order chi connectivity index (χ0) is 26.5. The molecule has 0 radical (unpaired) electrons. The molecule has 1 aliphatic rings. The normalized spacial score (nSPS) is 15.1. The van der Waals surface area contributed by atoms with E-state index in [4.69, 9.17) is 23.4 Å². The highest BCUT2D eigenvalue weighted by Crippen LogP contribution is 2.39. The van der Waals surface area contributed by atoms with E-state index in [1.54, 1.807) is 25.3 Å². The van der Waals surface area contributed by atoms with Crippen LogP contribution in [0.1, 0.15) is 44.6 Å². The summed E-state index contributed by atoms with van der Waals surface area (Å²) in [6.45, 7) is 4.44. The van der Waals surface area contributed by atoms with Crippen molar-refractivity contribution in [1.82, 2.24) is 0 Å². The number of benzene rings is 2. The van der Waals surface area contributed by atoms with Crippen molar-refractivity contribution in [2.75, 3.05) is 27.9 Å². The Balaban J connectivity index is 1.72. The molecular formula is C30H32O7. The average molecular weight is 505 g/mol. The molecule has 0 saturated heterocycles. The van der Waals surface area contributed by atoms with E-state index in [9.17, 15) is 9.59 Å². The zero-order valence-corrected chi connectivity index (χ0v) is 21.9. The molecule has 1 aliphatic heterocycles. The second kappa shape index (κ2) is 11.4. The van der Waals surface area contributed by atoms with Crippen LogP contribution in [0.5, 0.6) is 17.2 Å². The topological polar surface area (TPSA) is 84.2 Å². The van der Waals surface area contributed by atoms with Crippen LogP contribution in [-0.4, -0.2) is 33.9 Å². The second-order valence-corrected chi connectivity index (χ2v) is 9.15. The zero-order valence-electron chi connectivity index (χ0n) is 21.9. The van der Waals surface area contributed by atoms with Crippen LogP contribution in [0.4, 0.5) is 0 Å². The predicted octanol–water partition coefficient (Wildman–Crippen LogP) is 6.19. The number of carbonyl (C=O) groups excluding carboxylic acids is 1. The van der Waals surface area contributed by atoms with E-state index < -0.39 is 5.92 Å². The first-order valence-corrected chi connectivity index (χ1v) is 12.2. The molecule has 1 aromatic heterocycles. The number of ether oxygens (including phenoxy) is 4. The van der Waals surface area contributed by atoms with Crippen molar-refractivity contribution in [2.24, 2.45) is 0 Å². The van der Waals surface area contributed by atoms with Gasteiger partial charge in [0.25, 0.3) is 0 Å². The summed E-state index contributed by atoms with van der Waals surface area (Å²) in [4.78, 5) is 25.9. The largest absolute Gasteiger partial charge is 0.496 e. The Kier molecular flexibility index (Phi) is 8.01. The number of methoxy groups -OCH3 is 3. The van der Waals surface area contributed by atoms with Crippen molar-refractivity contribution in [3.05, 3.63) is 75.5 Å². The first-order valence-electron chi connectivity index (χ1n) is 12.2. The molecule has 0 aliphatic carbocycles. The van der Waals surface area contributed by atoms with Gasteiger partial charge in [0.05, 0.1) is 21.3 Å². The van der Waals surface area contributed by atoms with Crippen LogP contribution >= 0.6 is 0 Å². The molecule has 1 unspecified atom stereocenters. The number of carbonyl (C=O) groups is 1. The lowest BCUT2D eigenvalue weighted by molar-refractivity contribution is -0.144. The van der Waals surface area contributed by atoms with Crippen LogP contribution in [0.3, 0.4) is 0 Å². The molecule has 2 aromatic carbocycles. The minimum atomic E-state index is -0.540. The molecule has 1 atom stereocenters. The molecule has 0 spiro atoms. The molecule has 194 valence electrons. The highest BCUT2D eigenvalue weighted by Gasteiger charge is 2.31. The van der Waals surface area contributed by atoms with Crippen molar-refractivity contribution in [3.8, 4) is 28.6 Å². The summed E-state index contributed by atoms with van der Waals surface area (Å²) in [6, 6.07) is 10.2. The van der Waals surface area contributed by atoms with Gasteiger partial charge in [0.1, 0.15) is 46.5 Å². The van der Waals surface area contributed by atoms with Gasteiger partial charge in [-0.15, -0.1) is 0 Å². The van der Waals surface area contributed by atoms with E-state index >= 15 is 0 Å². The van der Waals surface area contributed by atoms with Gasteiger partial charge in [0, 0.05) is 29.3 Å². The Bertz CT molecular complexity index is 1420. The smallest absolute Gasteiger partial charge is 0.318 e. The molecule has 0 bridgehead atoms. The molecule has 37 heavy (non-hydrogen) atoms. The minimum absolute atomic E-state index is 0.240. The number of allylic oxidation sites excluding steroid dienone is 2. The Hall–Kier alpha value is -4.00. The molecule has 2 heterocycles. The third kappa shape index (κ3) is 5.56. The van der Waals surface area contributed by atoms with Gasteiger partial charge in [-0.3, -0.25) is 9.59 Å². The predicted molar refractivity (Wildman–Crippen MR) is 143 cm³/mol. The lowest BCUT2D eigenvalue weighted by Crippen LogP contribution is -2.23. The minimum Gasteiger partial charge on any atom is -0.496 e. The summed E-state index contributed by atoms with van der Waals surface area (Å²) < 4.78 is 27.9. The van der Waals surface area contributed by atoms with Crippen molar-refractivity contribution >= 4 is 16.9 Å². The first kappa shape index (κ1) is 26.1. The summed E-state index contributed by atoms with van der Waals surface area (Å²) in [5.41, 5.74) is 3.77. The van der Waals surface area contributed by atoms with Gasteiger partial charge in [-0.2, -0.15) is 0 Å². The van der Waals surface area contributed by atoms with Crippen LogP contribution in [-0.2, 0) is 9.53 Å². The van der Waals surface area contributed by atoms with Crippen LogP contribution in [0.25, 0.3) is 22.3 Å². The Morgan fingerprint density at radius 2 is 1.78 bits per heavy atom. The van der Waals surface area contributed by atoms with E-state index in [2.05, 4.69) is 19.9 Å². The fraction of sp³-hybridized carbons (Fsp3) is 0.333. The van der Waals surface area contributed by atoms with Gasteiger partial charge < -0.3 is 23.4 Å². The molecule has 0 amide bonds. The molecule has 7 heteroatoms. The summed E-state index contributed by atoms with van der Waals surface area (Å²) >= 11 is 0. The van der Waals surface area contributed by atoms with E-state index in [1.807, 2.05) is 18.2 Å². The number of cyclic esters (lactones) is 1. The standard InChI is InChI=1S/C30H32O7/c1-18(2)8-6-7-9-19-12-13-36-30(32)28(19)22-11-10-20(14-25(22)34-4)24-17-23(31)29-26(35-5)15-21(33-3)16-27(29)37-24/h8,10-12,14-17,28H,6-7,9,13H2,1-5H3. The SMILES string of the molecule is COc1cc(OC)c2c(=O)cc(-c3ccc(C4C(=O)OCC=C4CCCC=C(C)C)c(OC)c3)oc2c1. The quantitative estimate of drug-likeness (QED) is 0.195. The molecule has 0 saturated carbocycles. The fourth-order valence-corrected chi connectivity index (χ4v) is 4.61. The molecular weight excluding hydrogens is 472 g/mol. The van der Waals surface area contributed by atoms with E-state index in [0.717, 1.165) is 30.4 Å². The Labute approximate surface area is 216 Å². The molecule has 0 N–H and O–H groups in total. The lowest BCUT2D eigenvalue weighted by Gasteiger charge is -2.25. The number of esters is 1. The average Bonchev–Trinajstić information content (AvgIpc) is 2.89. The monoisotopic (exact) mass is 504 g/mol. The highest BCUT2D eigenvalue weighted by molar-refractivity contribution is 5.87. The van der Waals surface area contributed by atoms with Gasteiger partial charge in [-0.1, -0.05) is 29.4 Å². The number of fused-ring (bicyclic) bond motifs is 1. The number of hydrogen-bond donors (Lipinski definition) is 0. The van der Waals surface area contributed by atoms with E-state index in [-0.39, 0.29) is 18.0 Å². The first-order chi connectivity index (χ1) is 17.9. The van der Waals surface area contributed by atoms with Crippen molar-refractivity contribution < 1.29 is 28.2 Å². The van der Waals surface area contributed by atoms with Gasteiger partial charge >= 0.3 is 5.97 Å². The van der Waals surface area contributed by atoms with Crippen LogP contribution in [0.2, 0.25) is 0 Å². The Morgan fingerprint density at radius 3 is 2.49 bits per heavy atom. The van der Waals surface area contributed by atoms with Crippen molar-refractivity contribution in [3.63, 3.8) is 0 Å². The van der Waals surface area contributed by atoms with Crippen molar-refractivity contribution in [2.45, 2.75) is 39.0 Å². The van der Waals surface area contributed by atoms with Gasteiger partial charge in [0.15, 0.2) is 5.43 Å². The molecule has 0 fully saturated rings. The molecule has 3 aromatic rings.